The van der Waals surface area contributed by atoms with E-state index in [1.807, 2.05) is 0 Å². The van der Waals surface area contributed by atoms with E-state index in [4.69, 9.17) is 23.0 Å². The predicted molar refractivity (Wildman–Crippen MR) is 148 cm³/mol. The van der Waals surface area contributed by atoms with E-state index in [0.29, 0.717) is 11.1 Å². The molecule has 1 saturated heterocycles. The third kappa shape index (κ3) is 5.15. The molecule has 1 atom stereocenters. The lowest BCUT2D eigenvalue weighted by Gasteiger charge is -2.35. The summed E-state index contributed by atoms with van der Waals surface area (Å²) in [5, 5.41) is 12.2. The highest BCUT2D eigenvalue weighted by molar-refractivity contribution is 7.91. The zero-order chi connectivity index (χ0) is 32.5. The van der Waals surface area contributed by atoms with Gasteiger partial charge < -0.3 is 14.6 Å². The molecule has 0 aliphatic carbocycles. The monoisotopic (exact) mass is 660 g/mol. The molecule has 1 aliphatic rings. The quantitative estimate of drug-likeness (QED) is 0.111. The molecule has 0 radical (unpaired) electrons. The molecule has 1 fully saturated rings. The highest BCUT2D eigenvalue weighted by atomic mass is 32.2. The number of carbonyl (C=O) groups excluding carboxylic acids is 3. The van der Waals surface area contributed by atoms with Crippen LogP contribution in [0.2, 0.25) is 0 Å². The molecule has 0 spiro atoms. The van der Waals surface area contributed by atoms with Crippen LogP contribution in [0.3, 0.4) is 0 Å². The van der Waals surface area contributed by atoms with Crippen LogP contribution in [-0.2, 0) is 52.7 Å². The van der Waals surface area contributed by atoms with E-state index in [0.717, 1.165) is 59.8 Å². The lowest BCUT2D eigenvalue weighted by atomic mass is 9.99. The Hall–Kier alpha value is -3.60. The van der Waals surface area contributed by atoms with E-state index < -0.39 is 76.8 Å². The van der Waals surface area contributed by atoms with Gasteiger partial charge in [0.25, 0.3) is 26.0 Å². The van der Waals surface area contributed by atoms with Gasteiger partial charge in [-0.15, -0.1) is 4.31 Å². The summed E-state index contributed by atoms with van der Waals surface area (Å²) in [5.41, 5.74) is -2.52. The molecule has 3 rings (SSSR count). The number of esters is 1. The second-order valence-corrected chi connectivity index (χ2v) is 15.0. The van der Waals surface area contributed by atoms with E-state index in [9.17, 15) is 36.3 Å². The summed E-state index contributed by atoms with van der Waals surface area (Å²) < 4.78 is 80.9. The molecule has 1 unspecified atom stereocenters. The van der Waals surface area contributed by atoms with Gasteiger partial charge >= 0.3 is 25.5 Å². The first kappa shape index (κ1) is 33.9. The first-order chi connectivity index (χ1) is 20.1. The molecule has 0 aromatic heterocycles. The van der Waals surface area contributed by atoms with Crippen molar-refractivity contribution in [2.24, 2.45) is 0 Å². The van der Waals surface area contributed by atoms with Crippen molar-refractivity contribution in [3.8, 4) is 0 Å². The SMILES string of the molecule is COC(=O)C1(/C(=C(/[O-])OC)[P+](OC)(OC)OC)C(=O)N(S(=O)(=O)c2ccc(C)cc2)C(=O)N1S(=O)(=O)c1ccc(C)cc1. The minimum Gasteiger partial charge on any atom is -0.614 e. The normalized spacial score (nSPS) is 18.5. The summed E-state index contributed by atoms with van der Waals surface area (Å²) in [6.45, 7) is 3.27. The number of urea groups is 1. The maximum Gasteiger partial charge on any atom is 0.449 e. The molecule has 18 heteroatoms. The molecule has 1 aliphatic heterocycles. The fraction of sp³-hybridized carbons (Fsp3) is 0.320. The van der Waals surface area contributed by atoms with Crippen LogP contribution in [0.15, 0.2) is 69.6 Å². The minimum atomic E-state index is -5.38. The van der Waals surface area contributed by atoms with E-state index >= 15 is 0 Å². The maximum absolute atomic E-state index is 14.5. The summed E-state index contributed by atoms with van der Waals surface area (Å²) in [6, 6.07) is 7.59. The zero-order valence-corrected chi connectivity index (χ0v) is 26.6. The molecule has 15 nitrogen and oxygen atoms in total. The number of sulfonamides is 2. The number of carbonyl (C=O) groups is 3. The number of nitrogens with zero attached hydrogens (tertiary/aromatic N) is 2. The number of hydrogen-bond donors (Lipinski definition) is 0. The number of ether oxygens (including phenoxy) is 2. The summed E-state index contributed by atoms with van der Waals surface area (Å²) in [5.74, 6) is -5.49. The number of benzene rings is 2. The van der Waals surface area contributed by atoms with Gasteiger partial charge in [0, 0.05) is 0 Å². The van der Waals surface area contributed by atoms with Crippen LogP contribution in [0.25, 0.3) is 0 Å². The molecule has 2 aromatic carbocycles. The average molecular weight is 661 g/mol. The summed E-state index contributed by atoms with van der Waals surface area (Å²) in [6.07, 6.45) is 0. The van der Waals surface area contributed by atoms with Crippen LogP contribution in [0.4, 0.5) is 4.79 Å². The maximum atomic E-state index is 14.5. The van der Waals surface area contributed by atoms with Gasteiger partial charge in [0.2, 0.25) is 5.31 Å². The van der Waals surface area contributed by atoms with Crippen LogP contribution in [-0.4, -0.2) is 84.4 Å². The Bertz CT molecular complexity index is 1660. The topological polar surface area (TPSA) is 195 Å². The smallest absolute Gasteiger partial charge is 0.449 e. The molecule has 3 amide bonds. The van der Waals surface area contributed by atoms with Crippen molar-refractivity contribution in [1.29, 1.82) is 0 Å². The Labute approximate surface area is 249 Å². The van der Waals surface area contributed by atoms with Gasteiger partial charge in [0.1, 0.15) is 5.95 Å². The number of imide groups is 1. The van der Waals surface area contributed by atoms with E-state index in [1.165, 1.54) is 24.3 Å². The largest absolute Gasteiger partial charge is 0.614 e. The van der Waals surface area contributed by atoms with Gasteiger partial charge in [-0.3, -0.25) is 4.79 Å². The Morgan fingerprint density at radius 2 is 1.16 bits per heavy atom. The van der Waals surface area contributed by atoms with Gasteiger partial charge in [0.15, 0.2) is 0 Å². The molecule has 1 heterocycles. The molecule has 0 N–H and O–H groups in total. The fourth-order valence-corrected chi connectivity index (χ4v) is 9.36. The first-order valence-corrected chi connectivity index (χ1v) is 16.4. The summed E-state index contributed by atoms with van der Waals surface area (Å²) >= 11 is 0. The molecule has 234 valence electrons. The first-order valence-electron chi connectivity index (χ1n) is 12.0. The third-order valence-corrected chi connectivity index (χ3v) is 12.4. The minimum absolute atomic E-state index is 0.345. The molecule has 0 saturated carbocycles. The van der Waals surface area contributed by atoms with Gasteiger partial charge in [-0.2, -0.15) is 17.9 Å². The lowest BCUT2D eigenvalue weighted by Crippen LogP contribution is -2.61. The number of rotatable bonds is 11. The molecular formula is C25H29N2O13PS2. The standard InChI is InChI=1S/C25H29N2O13PS2/c1-16-8-12-18(13-9-16)42(32,33)26-22(29)25(23(30)37-4,20(21(28)36-3)41(38-5,39-6)40-7)27(24(26)31)43(34,35)19-14-10-17(2)11-15-19/h8-15H,1-7H3/b21-20+. The average Bonchev–Trinajstić information content (AvgIpc) is 3.22. The summed E-state index contributed by atoms with van der Waals surface area (Å²) in [7, 11) is -10.8. The van der Waals surface area contributed by atoms with E-state index in [1.54, 1.807) is 13.8 Å². The van der Waals surface area contributed by atoms with Gasteiger partial charge in [-0.05, 0) is 45.2 Å². The van der Waals surface area contributed by atoms with Crippen LogP contribution >= 0.6 is 7.94 Å². The highest BCUT2D eigenvalue weighted by Gasteiger charge is 2.79. The van der Waals surface area contributed by atoms with Crippen molar-refractivity contribution in [2.75, 3.05) is 35.5 Å². The van der Waals surface area contributed by atoms with Crippen molar-refractivity contribution in [2.45, 2.75) is 29.2 Å². The number of hydrogen-bond acceptors (Lipinski definition) is 13. The Morgan fingerprint density at radius 3 is 1.53 bits per heavy atom. The molecule has 0 bridgehead atoms. The van der Waals surface area contributed by atoms with Gasteiger partial charge in [-0.25, -0.2) is 26.4 Å². The lowest BCUT2D eigenvalue weighted by molar-refractivity contribution is -0.355. The Morgan fingerprint density at radius 1 is 0.744 bits per heavy atom. The van der Waals surface area contributed by atoms with Crippen molar-refractivity contribution in [1.82, 2.24) is 8.61 Å². The highest BCUT2D eigenvalue weighted by Crippen LogP contribution is 2.72. The molecular weight excluding hydrogens is 631 g/mol. The second kappa shape index (κ2) is 12.2. The van der Waals surface area contributed by atoms with Crippen LogP contribution in [0, 0.1) is 13.8 Å². The third-order valence-electron chi connectivity index (χ3n) is 6.46. The second-order valence-electron chi connectivity index (χ2n) is 8.84. The van der Waals surface area contributed by atoms with E-state index in [2.05, 4.69) is 0 Å². The number of aryl methyl sites for hydroxylation is 2. The predicted octanol–water partition coefficient (Wildman–Crippen LogP) is 1.43. The van der Waals surface area contributed by atoms with Gasteiger partial charge in [0.05, 0.1) is 38.2 Å². The van der Waals surface area contributed by atoms with Crippen molar-refractivity contribution in [3.05, 3.63) is 70.9 Å². The van der Waals surface area contributed by atoms with Gasteiger partial charge in [-0.1, -0.05) is 35.4 Å². The Balaban J connectivity index is 2.61. The van der Waals surface area contributed by atoms with Crippen molar-refractivity contribution in [3.63, 3.8) is 0 Å². The Kier molecular flexibility index (Phi) is 9.60. The molecule has 2 aromatic rings. The van der Waals surface area contributed by atoms with Crippen molar-refractivity contribution >= 4 is 45.9 Å². The fourth-order valence-electron chi connectivity index (χ4n) is 4.34. The van der Waals surface area contributed by atoms with Crippen LogP contribution in [0.5, 0.6) is 0 Å². The van der Waals surface area contributed by atoms with Crippen molar-refractivity contribution < 1.29 is 59.4 Å². The van der Waals surface area contributed by atoms with Crippen LogP contribution < -0.4 is 5.11 Å². The summed E-state index contributed by atoms with van der Waals surface area (Å²) in [4.78, 5) is 41.2. The molecule has 43 heavy (non-hydrogen) atoms. The zero-order valence-electron chi connectivity index (χ0n) is 24.1. The van der Waals surface area contributed by atoms with Crippen LogP contribution in [0.1, 0.15) is 11.1 Å². The number of amides is 3. The number of methoxy groups -OCH3 is 2. The van der Waals surface area contributed by atoms with E-state index in [-0.39, 0.29) is 4.31 Å².